The van der Waals surface area contributed by atoms with E-state index in [9.17, 15) is 4.79 Å². The molecule has 2 saturated carbocycles. The molecule has 2 bridgehead atoms. The normalized spacial score (nSPS) is 39.0. The van der Waals surface area contributed by atoms with Crippen molar-refractivity contribution in [2.45, 2.75) is 38.6 Å². The van der Waals surface area contributed by atoms with Gasteiger partial charge in [-0.3, -0.25) is 4.79 Å². The fraction of sp³-hybridized carbons (Fsp3) is 0.786. The number of fused-ring (bicyclic) bond motifs is 2. The van der Waals surface area contributed by atoms with Crippen molar-refractivity contribution in [2.24, 2.45) is 28.9 Å². The molecule has 0 unspecified atom stereocenters. The number of hydrogen-bond acceptors (Lipinski definition) is 2. The number of halogens is 1. The molecule has 0 aromatic rings. The highest BCUT2D eigenvalue weighted by atomic mass is 35.5. The zero-order chi connectivity index (χ0) is 12.0. The van der Waals surface area contributed by atoms with Crippen molar-refractivity contribution in [3.05, 3.63) is 12.2 Å². The van der Waals surface area contributed by atoms with Crippen LogP contribution in [-0.4, -0.2) is 18.5 Å². The van der Waals surface area contributed by atoms with Crippen LogP contribution in [0, 0.1) is 23.2 Å². The van der Waals surface area contributed by atoms with Crippen LogP contribution in [0.4, 0.5) is 0 Å². The van der Waals surface area contributed by atoms with Gasteiger partial charge in [0.1, 0.15) is 0 Å². The predicted octanol–water partition coefficient (Wildman–Crippen LogP) is 1.86. The minimum absolute atomic E-state index is 0. The maximum Gasteiger partial charge on any atom is 0.225 e. The van der Waals surface area contributed by atoms with Gasteiger partial charge >= 0.3 is 0 Å². The third kappa shape index (κ3) is 2.19. The Labute approximate surface area is 115 Å². The molecular formula is C14H23ClN2O. The molecule has 0 radical (unpaired) electrons. The van der Waals surface area contributed by atoms with Crippen LogP contribution < -0.4 is 11.1 Å². The van der Waals surface area contributed by atoms with Crippen molar-refractivity contribution in [2.75, 3.05) is 6.54 Å². The smallest absolute Gasteiger partial charge is 0.225 e. The molecule has 3 nitrogen and oxygen atoms in total. The molecule has 3 rings (SSSR count). The van der Waals surface area contributed by atoms with Crippen molar-refractivity contribution in [3.63, 3.8) is 0 Å². The van der Waals surface area contributed by atoms with Crippen LogP contribution in [0.1, 0.15) is 32.6 Å². The second-order valence-corrected chi connectivity index (χ2v) is 6.43. The van der Waals surface area contributed by atoms with Gasteiger partial charge in [0.25, 0.3) is 0 Å². The van der Waals surface area contributed by atoms with E-state index in [1.807, 2.05) is 0 Å². The van der Waals surface area contributed by atoms with E-state index < -0.39 is 0 Å². The highest BCUT2D eigenvalue weighted by molar-refractivity contribution is 5.85. The number of nitrogens with two attached hydrogens (primary N) is 1. The molecule has 0 heterocycles. The van der Waals surface area contributed by atoms with Crippen LogP contribution in [-0.2, 0) is 4.79 Å². The lowest BCUT2D eigenvalue weighted by molar-refractivity contribution is -0.126. The minimum atomic E-state index is 0. The molecule has 3 aliphatic rings. The molecular weight excluding hydrogens is 248 g/mol. The Morgan fingerprint density at radius 2 is 2.06 bits per heavy atom. The highest BCUT2D eigenvalue weighted by Gasteiger charge is 2.46. The van der Waals surface area contributed by atoms with E-state index in [1.165, 1.54) is 19.3 Å². The molecule has 0 aromatic carbocycles. The van der Waals surface area contributed by atoms with E-state index in [0.29, 0.717) is 17.3 Å². The zero-order valence-electron chi connectivity index (χ0n) is 10.9. The summed E-state index contributed by atoms with van der Waals surface area (Å²) in [6.07, 6.45) is 9.25. The van der Waals surface area contributed by atoms with Gasteiger partial charge in [-0.05, 0) is 36.5 Å². The van der Waals surface area contributed by atoms with Crippen LogP contribution in [0.25, 0.3) is 0 Å². The summed E-state index contributed by atoms with van der Waals surface area (Å²) >= 11 is 0. The van der Waals surface area contributed by atoms with Gasteiger partial charge in [-0.15, -0.1) is 12.4 Å². The Morgan fingerprint density at radius 3 is 2.56 bits per heavy atom. The summed E-state index contributed by atoms with van der Waals surface area (Å²) < 4.78 is 0. The summed E-state index contributed by atoms with van der Waals surface area (Å²) in [5.74, 6) is 1.04. The SMILES string of the molecule is CC1(CNC(=O)[C@@H]2[C@H](N)[C@H]3C=C[C@@H]2C3)CCC1.Cl. The third-order valence-electron chi connectivity index (χ3n) is 5.07. The first-order valence-electron chi connectivity index (χ1n) is 6.81. The summed E-state index contributed by atoms with van der Waals surface area (Å²) in [6, 6.07) is 0.0409. The standard InChI is InChI=1S/C14H22N2O.ClH/c1-14(5-2-6-14)8-16-13(17)11-9-3-4-10(7-9)12(11)15;/h3-4,9-12H,2,5-8,15H2,1H3,(H,16,17);1H/t9-,10+,11+,12-;/m1./s1. The van der Waals surface area contributed by atoms with E-state index in [-0.39, 0.29) is 30.3 Å². The van der Waals surface area contributed by atoms with Gasteiger partial charge < -0.3 is 11.1 Å². The molecule has 3 N–H and O–H groups in total. The Kier molecular flexibility index (Phi) is 3.75. The molecule has 4 atom stereocenters. The number of allylic oxidation sites excluding steroid dienone is 1. The lowest BCUT2D eigenvalue weighted by atomic mass is 9.70. The van der Waals surface area contributed by atoms with E-state index in [2.05, 4.69) is 24.4 Å². The van der Waals surface area contributed by atoms with Crippen molar-refractivity contribution < 1.29 is 4.79 Å². The molecule has 0 saturated heterocycles. The van der Waals surface area contributed by atoms with Gasteiger partial charge in [0.15, 0.2) is 0 Å². The molecule has 102 valence electrons. The van der Waals surface area contributed by atoms with Gasteiger partial charge in [0.2, 0.25) is 5.91 Å². The van der Waals surface area contributed by atoms with Crippen molar-refractivity contribution >= 4 is 18.3 Å². The average Bonchev–Trinajstić information content (AvgIpc) is 2.83. The maximum atomic E-state index is 12.2. The molecule has 0 aliphatic heterocycles. The van der Waals surface area contributed by atoms with Crippen LogP contribution in [0.15, 0.2) is 12.2 Å². The summed E-state index contributed by atoms with van der Waals surface area (Å²) in [5, 5.41) is 3.13. The summed E-state index contributed by atoms with van der Waals surface area (Å²) in [5.41, 5.74) is 6.49. The van der Waals surface area contributed by atoms with Crippen LogP contribution >= 0.6 is 12.4 Å². The molecule has 3 aliphatic carbocycles. The second-order valence-electron chi connectivity index (χ2n) is 6.43. The van der Waals surface area contributed by atoms with E-state index in [4.69, 9.17) is 5.73 Å². The lowest BCUT2D eigenvalue weighted by Gasteiger charge is -2.39. The number of hydrogen-bond donors (Lipinski definition) is 2. The first-order valence-corrected chi connectivity index (χ1v) is 6.81. The molecule has 4 heteroatoms. The van der Waals surface area contributed by atoms with Gasteiger partial charge in [-0.2, -0.15) is 0 Å². The Balaban J connectivity index is 0.00000120. The Morgan fingerprint density at radius 1 is 1.39 bits per heavy atom. The molecule has 18 heavy (non-hydrogen) atoms. The van der Waals surface area contributed by atoms with E-state index >= 15 is 0 Å². The Bertz CT molecular complexity index is 365. The second kappa shape index (κ2) is 4.86. The van der Waals surface area contributed by atoms with Gasteiger partial charge in [0.05, 0.1) is 5.92 Å². The van der Waals surface area contributed by atoms with Crippen molar-refractivity contribution in [1.29, 1.82) is 0 Å². The number of rotatable bonds is 3. The summed E-state index contributed by atoms with van der Waals surface area (Å²) in [4.78, 5) is 12.2. The zero-order valence-corrected chi connectivity index (χ0v) is 11.7. The van der Waals surface area contributed by atoms with Crippen LogP contribution in [0.3, 0.4) is 0 Å². The number of amides is 1. The fourth-order valence-corrected chi connectivity index (χ4v) is 3.61. The Hall–Kier alpha value is -0.540. The average molecular weight is 271 g/mol. The van der Waals surface area contributed by atoms with Gasteiger partial charge in [-0.1, -0.05) is 25.5 Å². The molecule has 0 spiro atoms. The van der Waals surface area contributed by atoms with Crippen molar-refractivity contribution in [1.82, 2.24) is 5.32 Å². The predicted molar refractivity (Wildman–Crippen MR) is 74.4 cm³/mol. The van der Waals surface area contributed by atoms with Crippen molar-refractivity contribution in [3.8, 4) is 0 Å². The molecule has 1 amide bonds. The van der Waals surface area contributed by atoms with E-state index in [0.717, 1.165) is 13.0 Å². The quantitative estimate of drug-likeness (QED) is 0.769. The first-order chi connectivity index (χ1) is 8.09. The van der Waals surface area contributed by atoms with Crippen LogP contribution in [0.2, 0.25) is 0 Å². The van der Waals surface area contributed by atoms with Gasteiger partial charge in [0, 0.05) is 12.6 Å². The molecule has 0 aromatic heterocycles. The number of carbonyl (C=O) groups is 1. The topological polar surface area (TPSA) is 55.1 Å². The molecule has 2 fully saturated rings. The lowest BCUT2D eigenvalue weighted by Crippen LogP contribution is -2.47. The third-order valence-corrected chi connectivity index (χ3v) is 5.07. The minimum Gasteiger partial charge on any atom is -0.355 e. The van der Waals surface area contributed by atoms with E-state index in [1.54, 1.807) is 0 Å². The maximum absolute atomic E-state index is 12.2. The summed E-state index contributed by atoms with van der Waals surface area (Å²) in [6.45, 7) is 3.09. The highest BCUT2D eigenvalue weighted by Crippen LogP contribution is 2.43. The van der Waals surface area contributed by atoms with Gasteiger partial charge in [-0.25, -0.2) is 0 Å². The summed E-state index contributed by atoms with van der Waals surface area (Å²) in [7, 11) is 0. The van der Waals surface area contributed by atoms with Crippen LogP contribution in [0.5, 0.6) is 0 Å². The fourth-order valence-electron chi connectivity index (χ4n) is 3.61. The number of carbonyl (C=O) groups excluding carboxylic acids is 1. The monoisotopic (exact) mass is 270 g/mol. The largest absolute Gasteiger partial charge is 0.355 e. The first kappa shape index (κ1) is 13.9. The number of nitrogens with one attached hydrogen (secondary N) is 1.